The number of hydrogen-bond acceptors (Lipinski definition) is 7. The van der Waals surface area contributed by atoms with Crippen molar-refractivity contribution in [1.82, 2.24) is 19.6 Å². The highest BCUT2D eigenvalue weighted by Crippen LogP contribution is 2.31. The molecule has 3 aromatic heterocycles. The van der Waals surface area contributed by atoms with Crippen LogP contribution in [0.3, 0.4) is 0 Å². The summed E-state index contributed by atoms with van der Waals surface area (Å²) in [5.74, 6) is 0.664. The first-order chi connectivity index (χ1) is 15.2. The van der Waals surface area contributed by atoms with Crippen molar-refractivity contribution in [3.8, 4) is 5.75 Å². The lowest BCUT2D eigenvalue weighted by Gasteiger charge is -2.13. The third-order valence-electron chi connectivity index (χ3n) is 4.98. The van der Waals surface area contributed by atoms with E-state index in [9.17, 15) is 4.79 Å². The number of aromatic nitrogens is 4. The van der Waals surface area contributed by atoms with Crippen LogP contribution in [0.15, 0.2) is 59.8 Å². The van der Waals surface area contributed by atoms with Crippen molar-refractivity contribution in [2.45, 2.75) is 23.8 Å². The molecule has 0 fully saturated rings. The molecule has 0 aliphatic carbocycles. The van der Waals surface area contributed by atoms with Gasteiger partial charge in [-0.25, -0.2) is 4.98 Å². The van der Waals surface area contributed by atoms with Gasteiger partial charge >= 0.3 is 0 Å². The monoisotopic (exact) mass is 449 g/mol. The molecule has 0 aliphatic rings. The Hall–Kier alpha value is -3.17. The minimum atomic E-state index is -0.326. The van der Waals surface area contributed by atoms with Gasteiger partial charge < -0.3 is 10.1 Å². The van der Waals surface area contributed by atoms with Crippen molar-refractivity contribution in [1.29, 1.82) is 0 Å². The molecule has 156 valence electrons. The number of rotatable bonds is 6. The molecule has 9 heteroatoms. The molecule has 1 N–H and O–H groups in total. The molecule has 0 bridgehead atoms. The number of nitrogens with zero attached hydrogens (tertiary/aromatic N) is 4. The lowest BCUT2D eigenvalue weighted by Crippen LogP contribution is -2.24. The smallest absolute Gasteiger partial charge is 0.239 e. The van der Waals surface area contributed by atoms with Gasteiger partial charge in [-0.2, -0.15) is 0 Å². The summed E-state index contributed by atoms with van der Waals surface area (Å²) in [6, 6.07) is 17.7. The Kier molecular flexibility index (Phi) is 5.21. The van der Waals surface area contributed by atoms with Crippen LogP contribution in [0.2, 0.25) is 0 Å². The van der Waals surface area contributed by atoms with E-state index in [0.29, 0.717) is 16.7 Å². The quantitative estimate of drug-likeness (QED) is 0.367. The Morgan fingerprint density at radius 1 is 1.19 bits per heavy atom. The second-order valence-electron chi connectivity index (χ2n) is 6.92. The van der Waals surface area contributed by atoms with Gasteiger partial charge in [-0.3, -0.25) is 9.20 Å². The van der Waals surface area contributed by atoms with Gasteiger partial charge in [0.2, 0.25) is 5.91 Å². The molecule has 1 unspecified atom stereocenters. The standard InChI is InChI=1S/C22H19N5O2S2/c1-3-17(20(28)24-21-23-15-10-9-14(29-2)12-18(15)30-21)31-22-26-25-19-11-8-13-6-4-5-7-16(13)27(19)22/h4-12,17H,3H2,1-2H3,(H,23,24,28). The van der Waals surface area contributed by atoms with E-state index in [2.05, 4.69) is 26.6 Å². The number of thiazole rings is 1. The summed E-state index contributed by atoms with van der Waals surface area (Å²) >= 11 is 2.84. The molecule has 1 amide bonds. The summed E-state index contributed by atoms with van der Waals surface area (Å²) in [5, 5.41) is 13.6. The van der Waals surface area contributed by atoms with Crippen molar-refractivity contribution in [2.24, 2.45) is 0 Å². The number of para-hydroxylation sites is 1. The summed E-state index contributed by atoms with van der Waals surface area (Å²) < 4.78 is 8.23. The number of benzene rings is 2. The molecule has 7 nitrogen and oxygen atoms in total. The predicted molar refractivity (Wildman–Crippen MR) is 125 cm³/mol. The molecule has 3 heterocycles. The van der Waals surface area contributed by atoms with E-state index < -0.39 is 0 Å². The maximum atomic E-state index is 13.0. The number of hydrogen-bond donors (Lipinski definition) is 1. The summed E-state index contributed by atoms with van der Waals surface area (Å²) in [6.45, 7) is 1.99. The summed E-state index contributed by atoms with van der Waals surface area (Å²) in [5.41, 5.74) is 2.61. The van der Waals surface area contributed by atoms with E-state index in [4.69, 9.17) is 4.74 Å². The zero-order chi connectivity index (χ0) is 21.4. The van der Waals surface area contributed by atoms with Gasteiger partial charge in [0.1, 0.15) is 5.75 Å². The molecule has 0 radical (unpaired) electrons. The number of nitrogens with one attached hydrogen (secondary N) is 1. The number of anilines is 1. The fraction of sp³-hybridized carbons (Fsp3) is 0.182. The van der Waals surface area contributed by atoms with Crippen molar-refractivity contribution in [2.75, 3.05) is 12.4 Å². The molecule has 0 spiro atoms. The third-order valence-corrected chi connectivity index (χ3v) is 7.23. The molecular formula is C22H19N5O2S2. The average Bonchev–Trinajstić information content (AvgIpc) is 3.40. The number of amides is 1. The van der Waals surface area contributed by atoms with Crippen LogP contribution in [0.5, 0.6) is 5.75 Å². The second-order valence-corrected chi connectivity index (χ2v) is 9.13. The second kappa shape index (κ2) is 8.16. The number of ether oxygens (including phenoxy) is 1. The maximum absolute atomic E-state index is 13.0. The van der Waals surface area contributed by atoms with Crippen LogP contribution in [-0.4, -0.2) is 37.8 Å². The van der Waals surface area contributed by atoms with Crippen LogP contribution in [0.4, 0.5) is 5.13 Å². The van der Waals surface area contributed by atoms with Crippen LogP contribution in [-0.2, 0) is 4.79 Å². The van der Waals surface area contributed by atoms with Crippen molar-refractivity contribution in [3.05, 3.63) is 54.6 Å². The predicted octanol–water partition coefficient (Wildman–Crippen LogP) is 5.01. The molecule has 31 heavy (non-hydrogen) atoms. The molecule has 0 aliphatic heterocycles. The van der Waals surface area contributed by atoms with Gasteiger partial charge in [0.05, 0.1) is 28.1 Å². The van der Waals surface area contributed by atoms with Crippen molar-refractivity contribution >= 4 is 60.9 Å². The highest BCUT2D eigenvalue weighted by atomic mass is 32.2. The first kappa shape index (κ1) is 19.8. The molecule has 1 atom stereocenters. The molecular weight excluding hydrogens is 430 g/mol. The van der Waals surface area contributed by atoms with Gasteiger partial charge in [-0.15, -0.1) is 10.2 Å². The lowest BCUT2D eigenvalue weighted by molar-refractivity contribution is -0.115. The van der Waals surface area contributed by atoms with Gasteiger partial charge in [0.15, 0.2) is 15.9 Å². The summed E-state index contributed by atoms with van der Waals surface area (Å²) in [4.78, 5) is 17.5. The fourth-order valence-corrected chi connectivity index (χ4v) is 5.28. The van der Waals surface area contributed by atoms with Gasteiger partial charge in [-0.05, 0) is 48.2 Å². The van der Waals surface area contributed by atoms with E-state index in [-0.39, 0.29) is 11.2 Å². The Balaban J connectivity index is 1.41. The number of pyridine rings is 1. The Bertz CT molecular complexity index is 1410. The summed E-state index contributed by atoms with van der Waals surface area (Å²) in [7, 11) is 1.63. The Morgan fingerprint density at radius 2 is 2.06 bits per heavy atom. The minimum Gasteiger partial charge on any atom is -0.497 e. The molecule has 2 aromatic carbocycles. The van der Waals surface area contributed by atoms with E-state index in [0.717, 1.165) is 32.5 Å². The van der Waals surface area contributed by atoms with Gasteiger partial charge in [0.25, 0.3) is 0 Å². The normalized spacial score (nSPS) is 12.5. The number of methoxy groups -OCH3 is 1. The number of carbonyl (C=O) groups is 1. The number of carbonyl (C=O) groups excluding carboxylic acids is 1. The Labute approximate surface area is 186 Å². The highest BCUT2D eigenvalue weighted by Gasteiger charge is 2.23. The average molecular weight is 450 g/mol. The molecule has 5 aromatic rings. The SMILES string of the molecule is CCC(Sc1nnc2ccc3ccccc3n12)C(=O)Nc1nc2ccc(OC)cc2s1. The van der Waals surface area contributed by atoms with Crippen LogP contribution in [0, 0.1) is 0 Å². The Morgan fingerprint density at radius 3 is 2.90 bits per heavy atom. The first-order valence-corrected chi connectivity index (χ1v) is 11.5. The van der Waals surface area contributed by atoms with E-state index in [1.165, 1.54) is 23.1 Å². The van der Waals surface area contributed by atoms with E-state index in [1.54, 1.807) is 7.11 Å². The fourth-order valence-electron chi connectivity index (χ4n) is 3.41. The van der Waals surface area contributed by atoms with Gasteiger partial charge in [0, 0.05) is 0 Å². The van der Waals surface area contributed by atoms with Crippen molar-refractivity contribution < 1.29 is 9.53 Å². The maximum Gasteiger partial charge on any atom is 0.239 e. The lowest BCUT2D eigenvalue weighted by atomic mass is 10.2. The van der Waals surface area contributed by atoms with Crippen LogP contribution < -0.4 is 10.1 Å². The number of thioether (sulfide) groups is 1. The number of fused-ring (bicyclic) bond motifs is 4. The zero-order valence-electron chi connectivity index (χ0n) is 16.9. The van der Waals surface area contributed by atoms with Crippen LogP contribution in [0.25, 0.3) is 26.8 Å². The summed E-state index contributed by atoms with van der Waals surface area (Å²) in [6.07, 6.45) is 0.648. The van der Waals surface area contributed by atoms with Crippen LogP contribution in [0.1, 0.15) is 13.3 Å². The van der Waals surface area contributed by atoms with Crippen molar-refractivity contribution in [3.63, 3.8) is 0 Å². The van der Waals surface area contributed by atoms with Crippen LogP contribution >= 0.6 is 23.1 Å². The molecule has 0 saturated carbocycles. The van der Waals surface area contributed by atoms with E-state index >= 15 is 0 Å². The van der Waals surface area contributed by atoms with E-state index in [1.807, 2.05) is 59.9 Å². The largest absolute Gasteiger partial charge is 0.497 e. The van der Waals surface area contributed by atoms with Gasteiger partial charge in [-0.1, -0.05) is 48.2 Å². The topological polar surface area (TPSA) is 81.4 Å². The zero-order valence-corrected chi connectivity index (χ0v) is 18.5. The third kappa shape index (κ3) is 3.70. The first-order valence-electron chi connectivity index (χ1n) is 9.81. The minimum absolute atomic E-state index is 0.101. The molecule has 0 saturated heterocycles. The highest BCUT2D eigenvalue weighted by molar-refractivity contribution is 8.00. The molecule has 5 rings (SSSR count).